The summed E-state index contributed by atoms with van der Waals surface area (Å²) in [5, 5.41) is 21.0. The molecular weight excluding hydrogens is 288 g/mol. The topological polar surface area (TPSA) is 111 Å². The molecule has 0 saturated heterocycles. The van der Waals surface area contributed by atoms with Gasteiger partial charge in [0.05, 0.1) is 21.2 Å². The third-order valence-electron chi connectivity index (χ3n) is 2.63. The van der Waals surface area contributed by atoms with Crippen LogP contribution in [0.5, 0.6) is 0 Å². The van der Waals surface area contributed by atoms with Gasteiger partial charge in [-0.1, -0.05) is 0 Å². The number of nitrogens with zero attached hydrogens (tertiary/aromatic N) is 4. The molecule has 0 aliphatic carbocycles. The number of nitro benzene ring substituents is 2. The second-order valence-electron chi connectivity index (χ2n) is 4.10. The van der Waals surface area contributed by atoms with Gasteiger partial charge < -0.3 is 0 Å². The van der Waals surface area contributed by atoms with Crippen LogP contribution in [0.15, 0.2) is 58.5 Å². The van der Waals surface area contributed by atoms with Crippen molar-refractivity contribution in [2.24, 2.45) is 9.98 Å². The fraction of sp³-hybridized carbons (Fsp3) is 0. The Morgan fingerprint density at radius 2 is 1.00 bits per heavy atom. The van der Waals surface area contributed by atoms with Gasteiger partial charge in [0.1, 0.15) is 0 Å². The van der Waals surface area contributed by atoms with Crippen molar-refractivity contribution in [3.8, 4) is 0 Å². The molecule has 0 saturated carbocycles. The number of nitro groups is 2. The summed E-state index contributed by atoms with van der Waals surface area (Å²) in [6.07, 6.45) is 2.87. The van der Waals surface area contributed by atoms with Gasteiger partial charge in [0, 0.05) is 36.7 Å². The summed E-state index contributed by atoms with van der Waals surface area (Å²) in [7, 11) is 0. The van der Waals surface area contributed by atoms with Gasteiger partial charge in [0.25, 0.3) is 11.4 Å². The van der Waals surface area contributed by atoms with Crippen LogP contribution in [0, 0.1) is 20.2 Å². The van der Waals surface area contributed by atoms with Crippen LogP contribution in [0.25, 0.3) is 0 Å². The fourth-order valence-corrected chi connectivity index (χ4v) is 1.56. The van der Waals surface area contributed by atoms with Crippen LogP contribution >= 0.6 is 0 Å². The van der Waals surface area contributed by atoms with Gasteiger partial charge in [-0.2, -0.15) is 0 Å². The monoisotopic (exact) mass is 298 g/mol. The molecular formula is C14H10N4O4. The van der Waals surface area contributed by atoms with E-state index in [9.17, 15) is 20.2 Å². The van der Waals surface area contributed by atoms with Crippen LogP contribution in [0.1, 0.15) is 0 Å². The summed E-state index contributed by atoms with van der Waals surface area (Å²) < 4.78 is 0. The standard InChI is InChI=1S/C14H10N4O4/c19-17(20)13-5-1-11(2-6-13)15-9-10-16-12-3-7-14(8-4-12)18(21)22/h1-10H. The first-order chi connectivity index (χ1) is 10.6. The molecule has 8 heteroatoms. The van der Waals surface area contributed by atoms with Gasteiger partial charge in [-0.05, 0) is 24.3 Å². The van der Waals surface area contributed by atoms with E-state index in [4.69, 9.17) is 0 Å². The quantitative estimate of drug-likeness (QED) is 0.476. The predicted octanol–water partition coefficient (Wildman–Crippen LogP) is 3.61. The molecule has 0 aromatic heterocycles. The van der Waals surface area contributed by atoms with Crippen molar-refractivity contribution in [1.29, 1.82) is 0 Å². The average Bonchev–Trinajstić information content (AvgIpc) is 2.52. The third kappa shape index (κ3) is 4.04. The number of non-ortho nitro benzene ring substituents is 2. The molecule has 0 aliphatic rings. The van der Waals surface area contributed by atoms with Gasteiger partial charge in [-0.25, -0.2) is 0 Å². The van der Waals surface area contributed by atoms with Crippen LogP contribution in [0.3, 0.4) is 0 Å². The van der Waals surface area contributed by atoms with E-state index in [1.807, 2.05) is 0 Å². The summed E-state index contributed by atoms with van der Waals surface area (Å²) in [6.45, 7) is 0. The summed E-state index contributed by atoms with van der Waals surface area (Å²) in [5.41, 5.74) is 1.11. The summed E-state index contributed by atoms with van der Waals surface area (Å²) in [4.78, 5) is 28.2. The Labute approximate surface area is 124 Å². The van der Waals surface area contributed by atoms with Crippen molar-refractivity contribution < 1.29 is 9.85 Å². The molecule has 0 unspecified atom stereocenters. The summed E-state index contributed by atoms with van der Waals surface area (Å²) in [6, 6.07) is 11.5. The first-order valence-electron chi connectivity index (χ1n) is 6.12. The molecule has 0 heterocycles. The highest BCUT2D eigenvalue weighted by Gasteiger charge is 2.03. The molecule has 0 fully saturated rings. The minimum Gasteiger partial charge on any atom is -0.258 e. The molecule has 2 rings (SSSR count). The lowest BCUT2D eigenvalue weighted by Crippen LogP contribution is -1.86. The summed E-state index contributed by atoms with van der Waals surface area (Å²) >= 11 is 0. The van der Waals surface area contributed by atoms with Gasteiger partial charge in [0.15, 0.2) is 0 Å². The summed E-state index contributed by atoms with van der Waals surface area (Å²) in [5.74, 6) is 0. The second kappa shape index (κ2) is 6.84. The Morgan fingerprint density at radius 3 is 1.27 bits per heavy atom. The van der Waals surface area contributed by atoms with E-state index in [0.29, 0.717) is 11.4 Å². The molecule has 22 heavy (non-hydrogen) atoms. The molecule has 0 radical (unpaired) electrons. The van der Waals surface area contributed by atoms with Crippen molar-refractivity contribution in [3.63, 3.8) is 0 Å². The van der Waals surface area contributed by atoms with E-state index in [1.54, 1.807) is 0 Å². The Morgan fingerprint density at radius 1 is 0.682 bits per heavy atom. The first-order valence-corrected chi connectivity index (χ1v) is 6.12. The highest BCUT2D eigenvalue weighted by Crippen LogP contribution is 2.18. The number of hydrogen-bond donors (Lipinski definition) is 0. The maximum Gasteiger partial charge on any atom is 0.269 e. The van der Waals surface area contributed by atoms with E-state index in [1.165, 1.54) is 61.0 Å². The van der Waals surface area contributed by atoms with Crippen molar-refractivity contribution in [2.45, 2.75) is 0 Å². The zero-order valence-corrected chi connectivity index (χ0v) is 11.2. The van der Waals surface area contributed by atoms with Crippen LogP contribution in [-0.4, -0.2) is 22.3 Å². The van der Waals surface area contributed by atoms with Gasteiger partial charge in [0.2, 0.25) is 0 Å². The Balaban J connectivity index is 1.99. The second-order valence-corrected chi connectivity index (χ2v) is 4.10. The molecule has 0 bridgehead atoms. The van der Waals surface area contributed by atoms with Gasteiger partial charge in [-0.3, -0.25) is 30.2 Å². The maximum atomic E-state index is 10.5. The van der Waals surface area contributed by atoms with Crippen molar-refractivity contribution >= 4 is 35.2 Å². The van der Waals surface area contributed by atoms with Crippen LogP contribution in [-0.2, 0) is 0 Å². The number of rotatable bonds is 5. The highest BCUT2D eigenvalue weighted by atomic mass is 16.6. The largest absolute Gasteiger partial charge is 0.269 e. The van der Waals surface area contributed by atoms with E-state index in [2.05, 4.69) is 9.98 Å². The van der Waals surface area contributed by atoms with E-state index in [0.717, 1.165) is 0 Å². The van der Waals surface area contributed by atoms with Crippen LogP contribution < -0.4 is 0 Å². The van der Waals surface area contributed by atoms with Crippen molar-refractivity contribution in [3.05, 3.63) is 68.8 Å². The molecule has 2 aromatic carbocycles. The minimum atomic E-state index is -0.483. The van der Waals surface area contributed by atoms with Crippen LogP contribution in [0.4, 0.5) is 22.7 Å². The SMILES string of the molecule is O=[N+]([O-])c1ccc(N=CC=Nc2ccc([N+](=O)[O-])cc2)cc1. The predicted molar refractivity (Wildman–Crippen MR) is 82.5 cm³/mol. The Kier molecular flexibility index (Phi) is 4.66. The lowest BCUT2D eigenvalue weighted by atomic mass is 10.3. The minimum absolute atomic E-state index is 0.00139. The third-order valence-corrected chi connectivity index (χ3v) is 2.63. The van der Waals surface area contributed by atoms with Gasteiger partial charge in [-0.15, -0.1) is 0 Å². The normalized spacial score (nSPS) is 11.1. The van der Waals surface area contributed by atoms with E-state index in [-0.39, 0.29) is 11.4 Å². The van der Waals surface area contributed by atoms with Crippen LogP contribution in [0.2, 0.25) is 0 Å². The zero-order chi connectivity index (χ0) is 15.9. The zero-order valence-electron chi connectivity index (χ0n) is 11.2. The van der Waals surface area contributed by atoms with E-state index < -0.39 is 9.85 Å². The fourth-order valence-electron chi connectivity index (χ4n) is 1.56. The molecule has 0 aliphatic heterocycles. The molecule has 2 aromatic rings. The Bertz CT molecular complexity index is 671. The smallest absolute Gasteiger partial charge is 0.258 e. The molecule has 0 N–H and O–H groups in total. The number of hydrogen-bond acceptors (Lipinski definition) is 6. The van der Waals surface area contributed by atoms with Crippen molar-refractivity contribution in [2.75, 3.05) is 0 Å². The molecule has 8 nitrogen and oxygen atoms in total. The number of benzene rings is 2. The Hall–Kier alpha value is -3.42. The van der Waals surface area contributed by atoms with E-state index >= 15 is 0 Å². The average molecular weight is 298 g/mol. The molecule has 0 spiro atoms. The maximum absolute atomic E-state index is 10.5. The first kappa shape index (κ1) is 15.0. The lowest BCUT2D eigenvalue weighted by Gasteiger charge is -1.93. The molecule has 0 atom stereocenters. The van der Waals surface area contributed by atoms with Gasteiger partial charge >= 0.3 is 0 Å². The lowest BCUT2D eigenvalue weighted by molar-refractivity contribution is -0.385. The molecule has 110 valence electrons. The highest BCUT2D eigenvalue weighted by molar-refractivity contribution is 6.17. The van der Waals surface area contributed by atoms with Crippen molar-refractivity contribution in [1.82, 2.24) is 0 Å². The molecule has 0 amide bonds. The number of aliphatic imine (C=N–C) groups is 2.